The Balaban J connectivity index is -0.000000160. The molecule has 3 rings (SSSR count). The quantitative estimate of drug-likeness (QED) is 0.127. The van der Waals surface area contributed by atoms with Crippen LogP contribution in [0.4, 0.5) is 22.0 Å². The van der Waals surface area contributed by atoms with Crippen LogP contribution in [0, 0.1) is 101 Å². The second-order valence-electron chi connectivity index (χ2n) is 44.0. The molecule has 0 heterocycles. The van der Waals surface area contributed by atoms with E-state index in [1.807, 2.05) is 13.8 Å². The number of hydrogen-bond acceptors (Lipinski definition) is 0. The fourth-order valence-corrected chi connectivity index (χ4v) is 14.3. The molecule has 0 saturated heterocycles. The zero-order chi connectivity index (χ0) is 83.1. The van der Waals surface area contributed by atoms with Gasteiger partial charge in [-0.2, -0.15) is 0 Å². The van der Waals surface area contributed by atoms with Gasteiger partial charge in [-0.15, -0.1) is 0 Å². The molecule has 101 heavy (non-hydrogen) atoms. The zero-order valence-corrected chi connectivity index (χ0v) is 80.0. The third kappa shape index (κ3) is 57.4. The first kappa shape index (κ1) is 116. The predicted molar refractivity (Wildman–Crippen MR) is 460 cm³/mol. The molecule has 0 bridgehead atoms. The van der Waals surface area contributed by atoms with Crippen molar-refractivity contribution in [3.8, 4) is 0 Å². The van der Waals surface area contributed by atoms with Crippen LogP contribution in [0.1, 0.15) is 493 Å². The lowest BCUT2D eigenvalue weighted by atomic mass is 9.57. The van der Waals surface area contributed by atoms with E-state index in [0.29, 0.717) is 67.0 Å². The Labute approximate surface area is 641 Å². The molecule has 0 atom stereocenters. The maximum absolute atomic E-state index is 15.4. The minimum absolute atomic E-state index is 0.136. The van der Waals surface area contributed by atoms with E-state index in [-0.39, 0.29) is 22.7 Å². The molecule has 0 amide bonds. The summed E-state index contributed by atoms with van der Waals surface area (Å²) in [5.41, 5.74) is -1.08. The van der Waals surface area contributed by atoms with Crippen molar-refractivity contribution < 1.29 is 22.0 Å². The van der Waals surface area contributed by atoms with Crippen molar-refractivity contribution in [3.05, 3.63) is 0 Å². The van der Waals surface area contributed by atoms with Gasteiger partial charge >= 0.3 is 0 Å². The highest BCUT2D eigenvalue weighted by Crippen LogP contribution is 2.54. The minimum atomic E-state index is -1.09. The summed E-state index contributed by atoms with van der Waals surface area (Å²) in [6.07, 6.45) is 25.1. The molecule has 3 fully saturated rings. The standard InChI is InChI=1S/C16H33F.C14H29F.C10H22.C9H17F.C9H20.C7H13F.2C7H16.C6H11F.C6H14.C5H12/c1-10(2)14(11(3)4)16(9,17)15(12(5)6)13(7)8;1-8-12(5,9-2)14(7,15)13(6,10-3)11-4;1-7-10(6,8-2)9(3,4)5;1-8(2)4-6-9(3,10)7-5-8;1-6-8(7-2)9(3,4)5;1-7(8)5-3-2-4-6-7;1-6(2)7(3,4)5;1-5-6-7(2,3)4;1-6(7)4-2-3-5-6;1-5-6(2,3)4;1-5(2,3)4/h10-15H,1-9H3;8-11H2,1-7H3;7-8H2,1-6H3;4-7H2,1-3H3;8H,6-7H2,1-5H3;2-6H2,1H3;6H,1-5H3;5-6H2,1-4H3;2-5H2,1H3;5H2,1-4H3;1-4H3. The monoisotopic (exact) mass is 1450 g/mol. The summed E-state index contributed by atoms with van der Waals surface area (Å²) in [4.78, 5) is 0. The first-order valence-electron chi connectivity index (χ1n) is 43.0. The Bertz CT molecular complexity index is 1770. The third-order valence-electron chi connectivity index (χ3n) is 25.1. The molecule has 0 aromatic heterocycles. The third-order valence-corrected chi connectivity index (χ3v) is 25.1. The largest absolute Gasteiger partial charge is 0.244 e. The van der Waals surface area contributed by atoms with E-state index in [4.69, 9.17) is 0 Å². The van der Waals surface area contributed by atoms with Crippen LogP contribution in [0.15, 0.2) is 0 Å². The molecule has 5 heteroatoms. The predicted octanol–water partition coefficient (Wildman–Crippen LogP) is 36.6. The highest BCUT2D eigenvalue weighted by Gasteiger charge is 2.53. The lowest BCUT2D eigenvalue weighted by molar-refractivity contribution is -0.0946. The molecule has 0 aromatic rings. The summed E-state index contributed by atoms with van der Waals surface area (Å²) >= 11 is 0. The molecule has 0 nitrogen and oxygen atoms in total. The van der Waals surface area contributed by atoms with Crippen LogP contribution in [-0.2, 0) is 0 Å². The van der Waals surface area contributed by atoms with Gasteiger partial charge in [0.15, 0.2) is 0 Å². The van der Waals surface area contributed by atoms with Gasteiger partial charge in [-0.1, -0.05) is 375 Å². The van der Waals surface area contributed by atoms with Gasteiger partial charge in [-0.25, -0.2) is 22.0 Å². The Morgan fingerprint density at radius 3 is 0.644 bits per heavy atom. The Kier molecular flexibility index (Phi) is 59.0. The number of halogens is 5. The number of rotatable bonds is 17. The van der Waals surface area contributed by atoms with Gasteiger partial charge in [-0.3, -0.25) is 0 Å². The van der Waals surface area contributed by atoms with Crippen molar-refractivity contribution >= 4 is 0 Å². The molecular weight excluding hydrogens is 1250 g/mol. The van der Waals surface area contributed by atoms with Gasteiger partial charge in [0.05, 0.1) is 0 Å². The number of alkyl halides is 5. The molecule has 0 aliphatic heterocycles. The first-order valence-corrected chi connectivity index (χ1v) is 43.0. The molecule has 0 radical (unpaired) electrons. The van der Waals surface area contributed by atoms with Crippen LogP contribution in [-0.4, -0.2) is 28.3 Å². The van der Waals surface area contributed by atoms with Crippen molar-refractivity contribution in [2.45, 2.75) is 522 Å². The Morgan fingerprint density at radius 1 is 0.317 bits per heavy atom. The number of hydrogen-bond donors (Lipinski definition) is 0. The van der Waals surface area contributed by atoms with Crippen molar-refractivity contribution in [1.82, 2.24) is 0 Å². The topological polar surface area (TPSA) is 0 Å². The molecule has 622 valence electrons. The molecule has 0 N–H and O–H groups in total. The van der Waals surface area contributed by atoms with Gasteiger partial charge in [0, 0.05) is 10.8 Å². The summed E-state index contributed by atoms with van der Waals surface area (Å²) in [6, 6.07) is 0. The van der Waals surface area contributed by atoms with Crippen LogP contribution in [0.2, 0.25) is 0 Å². The van der Waals surface area contributed by atoms with Crippen LogP contribution in [0.5, 0.6) is 0 Å². The molecule has 0 spiro atoms. The average molecular weight is 1450 g/mol. The molecule has 3 aliphatic carbocycles. The second kappa shape index (κ2) is 51.2. The van der Waals surface area contributed by atoms with E-state index in [2.05, 4.69) is 305 Å². The maximum atomic E-state index is 15.4. The van der Waals surface area contributed by atoms with Crippen molar-refractivity contribution in [1.29, 1.82) is 0 Å². The van der Waals surface area contributed by atoms with Gasteiger partial charge in [0.25, 0.3) is 0 Å². The van der Waals surface area contributed by atoms with Gasteiger partial charge in [0.1, 0.15) is 28.3 Å². The smallest absolute Gasteiger partial charge is 0.118 e. The lowest BCUT2D eigenvalue weighted by Gasteiger charge is -2.51. The van der Waals surface area contributed by atoms with Gasteiger partial charge in [-0.05, 0) is 209 Å². The summed E-state index contributed by atoms with van der Waals surface area (Å²) in [5, 5.41) is 0. The first-order chi connectivity index (χ1) is 44.6. The fraction of sp³-hybridized carbons (Fsp3) is 1.00. The fourth-order valence-electron chi connectivity index (χ4n) is 14.3. The lowest BCUT2D eigenvalue weighted by Crippen LogP contribution is -2.51. The molecule has 0 unspecified atom stereocenters. The van der Waals surface area contributed by atoms with Crippen LogP contribution in [0.3, 0.4) is 0 Å². The second-order valence-corrected chi connectivity index (χ2v) is 44.0. The molecule has 3 aliphatic rings. The highest BCUT2D eigenvalue weighted by atomic mass is 19.2. The van der Waals surface area contributed by atoms with E-state index in [9.17, 15) is 13.2 Å². The normalized spacial score (nSPS) is 17.2. The zero-order valence-electron chi connectivity index (χ0n) is 80.0. The minimum Gasteiger partial charge on any atom is -0.244 e. The van der Waals surface area contributed by atoms with E-state index in [1.165, 1.54) is 51.4 Å². The SMILES string of the molecule is CC(C)(C)C.CC(C)C(C(C)C)C(C)(F)C(C(C)C)C(C)C.CC(C)C(C)(C)C.CC1(C)CCC(C)(F)CC1.CC1(F)CCCC1.CC1(F)CCCCC1.CCC(C)(C)C.CCC(C)(CC)C(C)(C)C.CCC(C)(CC)C(C)(F)C(C)(CC)CC.CCC(CC)C(C)(C)C.CCCC(C)(C)C. The van der Waals surface area contributed by atoms with Gasteiger partial charge in [0.2, 0.25) is 0 Å². The van der Waals surface area contributed by atoms with Crippen LogP contribution in [0.25, 0.3) is 0 Å². The summed E-state index contributed by atoms with van der Waals surface area (Å²) < 4.78 is 69.3. The Morgan fingerprint density at radius 2 is 0.545 bits per heavy atom. The summed E-state index contributed by atoms with van der Waals surface area (Å²) in [6.45, 7) is 107. The van der Waals surface area contributed by atoms with E-state index < -0.39 is 28.3 Å². The molecular formula is C96H203F5. The maximum Gasteiger partial charge on any atom is 0.118 e. The van der Waals surface area contributed by atoms with Crippen molar-refractivity contribution in [2.24, 2.45) is 101 Å². The Hall–Kier alpha value is -0.350. The van der Waals surface area contributed by atoms with E-state index in [1.54, 1.807) is 20.8 Å². The average Bonchev–Trinajstić information content (AvgIpc) is 1.03. The molecule has 0 aromatic carbocycles. The summed E-state index contributed by atoms with van der Waals surface area (Å²) in [7, 11) is 0. The van der Waals surface area contributed by atoms with Crippen molar-refractivity contribution in [2.75, 3.05) is 0 Å². The van der Waals surface area contributed by atoms with E-state index in [0.717, 1.165) is 115 Å². The van der Waals surface area contributed by atoms with Crippen LogP contribution < -0.4 is 0 Å². The molecule has 3 saturated carbocycles. The van der Waals surface area contributed by atoms with Gasteiger partial charge < -0.3 is 0 Å². The summed E-state index contributed by atoms with van der Waals surface area (Å²) in [5.74, 6) is 3.55. The van der Waals surface area contributed by atoms with Crippen LogP contribution >= 0.6 is 0 Å². The van der Waals surface area contributed by atoms with Crippen molar-refractivity contribution in [3.63, 3.8) is 0 Å². The highest BCUT2D eigenvalue weighted by molar-refractivity contribution is 5.02. The van der Waals surface area contributed by atoms with E-state index >= 15 is 8.78 Å².